The van der Waals surface area contributed by atoms with Crippen LogP contribution in [0.25, 0.3) is 0 Å². The van der Waals surface area contributed by atoms with Gasteiger partial charge in [-0.05, 0) is 49.3 Å². The van der Waals surface area contributed by atoms with E-state index in [1.807, 2.05) is 24.3 Å². The molecule has 1 aromatic carbocycles. The van der Waals surface area contributed by atoms with Crippen LogP contribution in [-0.2, 0) is 20.9 Å². The van der Waals surface area contributed by atoms with Crippen molar-refractivity contribution in [2.45, 2.75) is 37.8 Å². The Morgan fingerprint density at radius 1 is 1.36 bits per heavy atom. The first-order chi connectivity index (χ1) is 10.7. The molecule has 1 amide bonds. The Bertz CT molecular complexity index is 522. The van der Waals surface area contributed by atoms with E-state index in [1.165, 1.54) is 12.8 Å². The highest BCUT2D eigenvalue weighted by molar-refractivity contribution is 5.98. The summed E-state index contributed by atoms with van der Waals surface area (Å²) in [4.78, 5) is 12.4. The van der Waals surface area contributed by atoms with Crippen LogP contribution in [0.1, 0.15) is 31.2 Å². The highest BCUT2D eigenvalue weighted by atomic mass is 16.5. The van der Waals surface area contributed by atoms with Gasteiger partial charge in [0.15, 0.2) is 0 Å². The summed E-state index contributed by atoms with van der Waals surface area (Å²) in [6.07, 6.45) is 3.70. The van der Waals surface area contributed by atoms with Crippen LogP contribution >= 0.6 is 0 Å². The van der Waals surface area contributed by atoms with Crippen molar-refractivity contribution in [1.82, 2.24) is 0 Å². The van der Waals surface area contributed by atoms with E-state index in [9.17, 15) is 4.79 Å². The monoisotopic (exact) mass is 304 g/mol. The van der Waals surface area contributed by atoms with E-state index in [0.717, 1.165) is 23.8 Å². The first-order valence-electron chi connectivity index (χ1n) is 8.00. The number of nitrogens with one attached hydrogen (secondary N) is 1. The molecule has 1 aliphatic heterocycles. The molecule has 0 aromatic heterocycles. The highest BCUT2D eigenvalue weighted by Gasteiger charge is 2.35. The van der Waals surface area contributed by atoms with Crippen LogP contribution in [0.5, 0.6) is 0 Å². The summed E-state index contributed by atoms with van der Waals surface area (Å²) in [5.41, 5.74) is 7.21. The van der Waals surface area contributed by atoms with Gasteiger partial charge in [-0.1, -0.05) is 12.1 Å². The second-order valence-electron chi connectivity index (χ2n) is 6.38. The number of anilines is 1. The van der Waals surface area contributed by atoms with Gasteiger partial charge in [-0.15, -0.1) is 0 Å². The van der Waals surface area contributed by atoms with E-state index in [1.54, 1.807) is 0 Å². The van der Waals surface area contributed by atoms with Crippen LogP contribution in [-0.4, -0.2) is 31.3 Å². The molecule has 3 rings (SSSR count). The average molecular weight is 304 g/mol. The minimum absolute atomic E-state index is 0.133. The minimum Gasteiger partial charge on any atom is -0.381 e. The molecule has 1 aromatic rings. The predicted octanol–water partition coefficient (Wildman–Crippen LogP) is 2.06. The van der Waals surface area contributed by atoms with Gasteiger partial charge in [-0.2, -0.15) is 0 Å². The van der Waals surface area contributed by atoms with Gasteiger partial charge < -0.3 is 20.5 Å². The van der Waals surface area contributed by atoms with E-state index in [0.29, 0.717) is 32.7 Å². The Morgan fingerprint density at radius 3 is 2.86 bits per heavy atom. The maximum atomic E-state index is 12.4. The van der Waals surface area contributed by atoms with Gasteiger partial charge in [0.05, 0.1) is 6.61 Å². The molecule has 5 nitrogen and oxygen atoms in total. The molecule has 0 unspecified atom stereocenters. The third kappa shape index (κ3) is 4.06. The van der Waals surface area contributed by atoms with Crippen LogP contribution in [0.4, 0.5) is 5.69 Å². The maximum Gasteiger partial charge on any atom is 0.244 e. The zero-order valence-electron chi connectivity index (χ0n) is 12.8. The molecule has 22 heavy (non-hydrogen) atoms. The Morgan fingerprint density at radius 2 is 2.14 bits per heavy atom. The molecule has 1 saturated carbocycles. The number of nitrogens with two attached hydrogens (primary N) is 1. The minimum atomic E-state index is -0.823. The molecule has 1 saturated heterocycles. The van der Waals surface area contributed by atoms with Gasteiger partial charge in [0.25, 0.3) is 0 Å². The number of benzene rings is 1. The third-order valence-corrected chi connectivity index (χ3v) is 4.34. The second kappa shape index (κ2) is 6.77. The number of carbonyl (C=O) groups excluding carboxylic acids is 1. The number of rotatable bonds is 6. The molecule has 5 heteroatoms. The first kappa shape index (κ1) is 15.5. The van der Waals surface area contributed by atoms with Crippen LogP contribution in [0.15, 0.2) is 24.3 Å². The summed E-state index contributed by atoms with van der Waals surface area (Å²) in [6.45, 7) is 2.50. The quantitative estimate of drug-likeness (QED) is 0.843. The van der Waals surface area contributed by atoms with Crippen molar-refractivity contribution in [3.05, 3.63) is 29.8 Å². The second-order valence-corrected chi connectivity index (χ2v) is 6.38. The highest BCUT2D eigenvalue weighted by Crippen LogP contribution is 2.29. The van der Waals surface area contributed by atoms with Crippen molar-refractivity contribution in [2.75, 3.05) is 25.1 Å². The van der Waals surface area contributed by atoms with Crippen molar-refractivity contribution in [1.29, 1.82) is 0 Å². The van der Waals surface area contributed by atoms with Crippen LogP contribution in [0.2, 0.25) is 0 Å². The number of hydrogen-bond acceptors (Lipinski definition) is 4. The molecule has 1 heterocycles. The van der Waals surface area contributed by atoms with Gasteiger partial charge in [-0.25, -0.2) is 0 Å². The third-order valence-electron chi connectivity index (χ3n) is 4.34. The lowest BCUT2D eigenvalue weighted by atomic mass is 9.90. The standard InChI is InChI=1S/C17H24N2O3/c18-17(6-8-21-9-7-17)16(20)19-15-3-1-2-14(10-15)12-22-11-13-4-5-13/h1-3,10,13H,4-9,11-12,18H2,(H,19,20). The van der Waals surface area contributed by atoms with Crippen molar-refractivity contribution >= 4 is 11.6 Å². The molecular formula is C17H24N2O3. The summed E-state index contributed by atoms with van der Waals surface area (Å²) in [5, 5.41) is 2.93. The SMILES string of the molecule is NC1(C(=O)Nc2cccc(COCC3CC3)c2)CCOCC1. The summed E-state index contributed by atoms with van der Waals surface area (Å²) >= 11 is 0. The topological polar surface area (TPSA) is 73.6 Å². The molecule has 0 spiro atoms. The lowest BCUT2D eigenvalue weighted by Gasteiger charge is -2.31. The lowest BCUT2D eigenvalue weighted by molar-refractivity contribution is -0.124. The number of amides is 1. The van der Waals surface area contributed by atoms with Gasteiger partial charge in [0.1, 0.15) is 5.54 Å². The smallest absolute Gasteiger partial charge is 0.244 e. The van der Waals surface area contributed by atoms with E-state index in [4.69, 9.17) is 15.2 Å². The fraction of sp³-hybridized carbons (Fsp3) is 0.588. The van der Waals surface area contributed by atoms with Crippen LogP contribution in [0.3, 0.4) is 0 Å². The Kier molecular flexibility index (Phi) is 4.76. The Hall–Kier alpha value is -1.43. The van der Waals surface area contributed by atoms with Crippen molar-refractivity contribution in [2.24, 2.45) is 11.7 Å². The molecule has 1 aliphatic carbocycles. The molecule has 0 radical (unpaired) electrons. The predicted molar refractivity (Wildman–Crippen MR) is 84.4 cm³/mol. The van der Waals surface area contributed by atoms with Gasteiger partial charge in [0.2, 0.25) is 5.91 Å². The molecule has 0 bridgehead atoms. The van der Waals surface area contributed by atoms with Crippen molar-refractivity contribution in [3.8, 4) is 0 Å². The van der Waals surface area contributed by atoms with E-state index >= 15 is 0 Å². The number of hydrogen-bond donors (Lipinski definition) is 2. The first-order valence-corrected chi connectivity index (χ1v) is 8.00. The fourth-order valence-electron chi connectivity index (χ4n) is 2.59. The summed E-state index contributed by atoms with van der Waals surface area (Å²) in [6, 6.07) is 7.77. The van der Waals surface area contributed by atoms with Gasteiger partial charge >= 0.3 is 0 Å². The lowest BCUT2D eigenvalue weighted by Crippen LogP contribution is -2.54. The largest absolute Gasteiger partial charge is 0.381 e. The Balaban J connectivity index is 1.55. The summed E-state index contributed by atoms with van der Waals surface area (Å²) in [5.74, 6) is 0.625. The molecule has 2 fully saturated rings. The number of ether oxygens (including phenoxy) is 2. The van der Waals surface area contributed by atoms with E-state index in [2.05, 4.69) is 5.32 Å². The van der Waals surface area contributed by atoms with E-state index in [-0.39, 0.29) is 5.91 Å². The molecule has 0 atom stereocenters. The van der Waals surface area contributed by atoms with Crippen molar-refractivity contribution in [3.63, 3.8) is 0 Å². The normalized spacial score (nSPS) is 20.6. The van der Waals surface area contributed by atoms with Gasteiger partial charge in [-0.3, -0.25) is 4.79 Å². The number of carbonyl (C=O) groups is 1. The molecular weight excluding hydrogens is 280 g/mol. The average Bonchev–Trinajstić information content (AvgIpc) is 3.33. The maximum absolute atomic E-state index is 12.4. The molecule has 120 valence electrons. The molecule has 3 N–H and O–H groups in total. The van der Waals surface area contributed by atoms with E-state index < -0.39 is 5.54 Å². The fourth-order valence-corrected chi connectivity index (χ4v) is 2.59. The summed E-state index contributed by atoms with van der Waals surface area (Å²) < 4.78 is 11.0. The summed E-state index contributed by atoms with van der Waals surface area (Å²) in [7, 11) is 0. The molecule has 2 aliphatic rings. The zero-order valence-corrected chi connectivity index (χ0v) is 12.8. The van der Waals surface area contributed by atoms with Crippen molar-refractivity contribution < 1.29 is 14.3 Å². The van der Waals surface area contributed by atoms with Crippen LogP contribution < -0.4 is 11.1 Å². The Labute approximate surface area is 131 Å². The van der Waals surface area contributed by atoms with Gasteiger partial charge in [0, 0.05) is 25.5 Å². The van der Waals surface area contributed by atoms with Crippen LogP contribution in [0, 0.1) is 5.92 Å². The zero-order chi connectivity index (χ0) is 15.4.